The van der Waals surface area contributed by atoms with Gasteiger partial charge >= 0.3 is 0 Å². The van der Waals surface area contributed by atoms with Gasteiger partial charge in [0.05, 0.1) is 15.9 Å². The maximum absolute atomic E-state index is 10.9. The third kappa shape index (κ3) is 4.15. The van der Waals surface area contributed by atoms with Gasteiger partial charge in [0.2, 0.25) is 0 Å². The quantitative estimate of drug-likeness (QED) is 0.510. The molecule has 19 heavy (non-hydrogen) atoms. The first kappa shape index (κ1) is 15.9. The zero-order valence-corrected chi connectivity index (χ0v) is 12.2. The topological polar surface area (TPSA) is 83.2 Å². The molecule has 0 heterocycles. The van der Waals surface area contributed by atoms with Gasteiger partial charge in [0.1, 0.15) is 0 Å². The summed E-state index contributed by atoms with van der Waals surface area (Å²) in [6.07, 6.45) is 0. The molecule has 0 aromatic heterocycles. The number of benzene rings is 2. The van der Waals surface area contributed by atoms with Crippen LogP contribution in [-0.4, -0.2) is 13.0 Å². The van der Waals surface area contributed by atoms with Gasteiger partial charge in [-0.2, -0.15) is 0 Å². The molecule has 2 N–H and O–H groups in total. The van der Waals surface area contributed by atoms with Crippen LogP contribution in [0.15, 0.2) is 48.5 Å². The molecule has 0 unspecified atom stereocenters. The molecule has 0 bridgehead atoms. The molecule has 2 rings (SSSR count). The van der Waals surface area contributed by atoms with Crippen molar-refractivity contribution in [3.8, 4) is 11.1 Å². The molecule has 4 nitrogen and oxygen atoms in total. The summed E-state index contributed by atoms with van der Waals surface area (Å²) in [6, 6.07) is 14.0. The second-order valence-electron chi connectivity index (χ2n) is 3.95. The maximum atomic E-state index is 10.9. The predicted octanol–water partition coefficient (Wildman–Crippen LogP) is 1.98. The Morgan fingerprint density at radius 3 is 2.05 bits per heavy atom. The number of nitrogen functional groups attached to an aromatic ring is 1. The summed E-state index contributed by atoms with van der Waals surface area (Å²) >= 11 is 0. The summed E-state index contributed by atoms with van der Waals surface area (Å²) in [4.78, 5) is 0. The number of nitrogens with two attached hydrogens (primary N) is 1. The SMILES string of the molecule is Nc1ccccc1-c1ccccc1CS(=O)(=O)[O-].[Pd]. The summed E-state index contributed by atoms with van der Waals surface area (Å²) in [5.41, 5.74) is 8.28. The predicted molar refractivity (Wildman–Crippen MR) is 69.7 cm³/mol. The standard InChI is InChI=1S/C13H13NO3S.Pd/c14-13-8-4-3-7-12(13)11-6-2-1-5-10(11)9-18(15,16)17;/h1-8H,9,14H2,(H,15,16,17);/p-1. The molecular formula is C13H12NO3PdS-. The molecule has 0 radical (unpaired) electrons. The van der Waals surface area contributed by atoms with Crippen LogP contribution in [0.5, 0.6) is 0 Å². The maximum Gasteiger partial charge on any atom is 0.0988 e. The summed E-state index contributed by atoms with van der Waals surface area (Å²) < 4.78 is 32.6. The molecule has 0 spiro atoms. The number of anilines is 1. The molecule has 0 saturated carbocycles. The Balaban J connectivity index is 0.00000180. The van der Waals surface area contributed by atoms with E-state index in [4.69, 9.17) is 5.73 Å². The minimum Gasteiger partial charge on any atom is -0.748 e. The van der Waals surface area contributed by atoms with Crippen LogP contribution in [0.3, 0.4) is 0 Å². The van der Waals surface area contributed by atoms with Crippen LogP contribution in [0.4, 0.5) is 5.69 Å². The molecule has 104 valence electrons. The van der Waals surface area contributed by atoms with Crippen LogP contribution in [0, 0.1) is 0 Å². The van der Waals surface area contributed by atoms with E-state index in [1.165, 1.54) is 0 Å². The molecule has 0 aliphatic heterocycles. The van der Waals surface area contributed by atoms with Gasteiger partial charge in [-0.1, -0.05) is 42.5 Å². The van der Waals surface area contributed by atoms with Crippen LogP contribution < -0.4 is 5.73 Å². The first-order valence-electron chi connectivity index (χ1n) is 5.34. The van der Waals surface area contributed by atoms with E-state index < -0.39 is 15.9 Å². The molecule has 0 aliphatic rings. The Morgan fingerprint density at radius 1 is 0.947 bits per heavy atom. The van der Waals surface area contributed by atoms with E-state index in [1.54, 1.807) is 42.5 Å². The van der Waals surface area contributed by atoms with Gasteiger partial charge in [0, 0.05) is 31.7 Å². The monoisotopic (exact) mass is 368 g/mol. The van der Waals surface area contributed by atoms with Crippen molar-refractivity contribution in [2.24, 2.45) is 0 Å². The second-order valence-corrected chi connectivity index (χ2v) is 5.35. The van der Waals surface area contributed by atoms with E-state index in [-0.39, 0.29) is 20.4 Å². The number of para-hydroxylation sites is 1. The van der Waals surface area contributed by atoms with E-state index in [2.05, 4.69) is 0 Å². The fourth-order valence-electron chi connectivity index (χ4n) is 1.84. The van der Waals surface area contributed by atoms with Crippen LogP contribution in [0.1, 0.15) is 5.56 Å². The zero-order valence-electron chi connectivity index (χ0n) is 9.85. The Labute approximate surface area is 126 Å². The molecular weight excluding hydrogens is 357 g/mol. The molecule has 0 aliphatic carbocycles. The van der Waals surface area contributed by atoms with Crippen molar-refractivity contribution in [3.05, 3.63) is 54.1 Å². The van der Waals surface area contributed by atoms with Gasteiger partial charge in [-0.05, 0) is 17.2 Å². The van der Waals surface area contributed by atoms with E-state index in [0.29, 0.717) is 16.8 Å². The van der Waals surface area contributed by atoms with E-state index in [0.717, 1.165) is 5.56 Å². The molecule has 2 aromatic rings. The fourth-order valence-corrected chi connectivity index (χ4v) is 2.47. The van der Waals surface area contributed by atoms with Gasteiger partial charge < -0.3 is 10.3 Å². The summed E-state index contributed by atoms with van der Waals surface area (Å²) in [7, 11) is -4.31. The third-order valence-electron chi connectivity index (χ3n) is 2.60. The molecule has 0 fully saturated rings. The minimum absolute atomic E-state index is 0. The third-order valence-corrected chi connectivity index (χ3v) is 3.27. The van der Waals surface area contributed by atoms with Crippen molar-refractivity contribution in [3.63, 3.8) is 0 Å². The first-order chi connectivity index (χ1) is 8.47. The first-order valence-corrected chi connectivity index (χ1v) is 6.91. The van der Waals surface area contributed by atoms with Crippen LogP contribution in [0.2, 0.25) is 0 Å². The zero-order chi connectivity index (χ0) is 13.2. The van der Waals surface area contributed by atoms with Crippen molar-refractivity contribution in [1.29, 1.82) is 0 Å². The molecule has 0 amide bonds. The molecule has 0 saturated heterocycles. The average molecular weight is 369 g/mol. The van der Waals surface area contributed by atoms with Crippen LogP contribution in [-0.2, 0) is 36.3 Å². The Morgan fingerprint density at radius 2 is 1.47 bits per heavy atom. The van der Waals surface area contributed by atoms with Crippen LogP contribution >= 0.6 is 0 Å². The van der Waals surface area contributed by atoms with Gasteiger partial charge in [-0.15, -0.1) is 0 Å². The summed E-state index contributed by atoms with van der Waals surface area (Å²) in [5, 5.41) is 0. The van der Waals surface area contributed by atoms with E-state index >= 15 is 0 Å². The van der Waals surface area contributed by atoms with E-state index in [9.17, 15) is 13.0 Å². The van der Waals surface area contributed by atoms with E-state index in [1.807, 2.05) is 6.07 Å². The summed E-state index contributed by atoms with van der Waals surface area (Å²) in [5.74, 6) is -0.530. The number of hydrogen-bond donors (Lipinski definition) is 1. The second kappa shape index (κ2) is 6.31. The summed E-state index contributed by atoms with van der Waals surface area (Å²) in [6.45, 7) is 0. The van der Waals surface area contributed by atoms with Crippen molar-refractivity contribution in [2.75, 3.05) is 5.73 Å². The molecule has 0 atom stereocenters. The Bertz CT molecular complexity index is 671. The largest absolute Gasteiger partial charge is 0.748 e. The normalized spacial score (nSPS) is 10.8. The fraction of sp³-hybridized carbons (Fsp3) is 0.0769. The Hall–Kier alpha value is -1.19. The van der Waals surface area contributed by atoms with Gasteiger partial charge in [0.25, 0.3) is 0 Å². The van der Waals surface area contributed by atoms with Crippen LogP contribution in [0.25, 0.3) is 11.1 Å². The van der Waals surface area contributed by atoms with Gasteiger partial charge in [0.15, 0.2) is 0 Å². The average Bonchev–Trinajstić information content (AvgIpc) is 2.29. The van der Waals surface area contributed by atoms with Crippen molar-refractivity contribution >= 4 is 15.8 Å². The minimum atomic E-state index is -4.31. The van der Waals surface area contributed by atoms with Crippen molar-refractivity contribution in [2.45, 2.75) is 5.75 Å². The number of rotatable bonds is 3. The molecule has 2 aromatic carbocycles. The van der Waals surface area contributed by atoms with Crippen molar-refractivity contribution in [1.82, 2.24) is 0 Å². The number of hydrogen-bond acceptors (Lipinski definition) is 4. The Kier molecular flexibility index (Phi) is 5.27. The van der Waals surface area contributed by atoms with Gasteiger partial charge in [-0.3, -0.25) is 0 Å². The molecule has 6 heteroatoms. The smallest absolute Gasteiger partial charge is 0.0988 e. The van der Waals surface area contributed by atoms with Gasteiger partial charge in [-0.25, -0.2) is 8.42 Å². The van der Waals surface area contributed by atoms with Crippen molar-refractivity contribution < 1.29 is 33.4 Å².